The maximum Gasteiger partial charge on any atom is 0.311 e. The second-order valence-electron chi connectivity index (χ2n) is 5.55. The van der Waals surface area contributed by atoms with E-state index in [1.165, 1.54) is 0 Å². The van der Waals surface area contributed by atoms with Crippen molar-refractivity contribution in [2.75, 3.05) is 13.1 Å². The van der Waals surface area contributed by atoms with Gasteiger partial charge in [-0.2, -0.15) is 0 Å². The Morgan fingerprint density at radius 2 is 2.29 bits per heavy atom. The molecule has 0 radical (unpaired) electrons. The minimum Gasteiger partial charge on any atom is -0.481 e. The highest BCUT2D eigenvalue weighted by Crippen LogP contribution is 2.36. The molecule has 6 heteroatoms. The summed E-state index contributed by atoms with van der Waals surface area (Å²) in [5.41, 5.74) is 5.90. The summed E-state index contributed by atoms with van der Waals surface area (Å²) in [7, 11) is 0. The van der Waals surface area contributed by atoms with Crippen molar-refractivity contribution in [2.45, 2.75) is 32.7 Å². The molecule has 1 fully saturated rings. The number of carboxylic acids is 1. The van der Waals surface area contributed by atoms with E-state index in [1.807, 2.05) is 6.92 Å². The van der Waals surface area contributed by atoms with E-state index in [-0.39, 0.29) is 19.0 Å². The van der Waals surface area contributed by atoms with Crippen molar-refractivity contribution in [1.29, 1.82) is 0 Å². The van der Waals surface area contributed by atoms with Crippen molar-refractivity contribution in [3.63, 3.8) is 0 Å². The first kappa shape index (κ1) is 15.4. The van der Waals surface area contributed by atoms with Crippen LogP contribution in [0.3, 0.4) is 0 Å². The monoisotopic (exact) mass is 291 g/mol. The lowest BCUT2D eigenvalue weighted by atomic mass is 9.83. The summed E-state index contributed by atoms with van der Waals surface area (Å²) in [4.78, 5) is 29.7. The Morgan fingerprint density at radius 3 is 2.90 bits per heavy atom. The highest BCUT2D eigenvalue weighted by molar-refractivity contribution is 5.95. The number of pyridine rings is 1. The van der Waals surface area contributed by atoms with Crippen LogP contribution in [0.25, 0.3) is 0 Å². The topological polar surface area (TPSA) is 96.5 Å². The van der Waals surface area contributed by atoms with Crippen molar-refractivity contribution in [2.24, 2.45) is 11.1 Å². The van der Waals surface area contributed by atoms with Gasteiger partial charge in [0.05, 0.1) is 11.1 Å². The number of hydrogen-bond acceptors (Lipinski definition) is 4. The SMILES string of the molecule is CCCC1(C(=O)O)CCN(C(=O)c2ccnc(CN)c2)C1. The molecule has 1 unspecified atom stereocenters. The molecule has 1 aliphatic rings. The van der Waals surface area contributed by atoms with E-state index in [2.05, 4.69) is 4.98 Å². The molecule has 3 N–H and O–H groups in total. The molecule has 21 heavy (non-hydrogen) atoms. The van der Waals surface area contributed by atoms with Gasteiger partial charge in [-0.05, 0) is 25.0 Å². The molecule has 0 spiro atoms. The molecule has 1 aromatic heterocycles. The molecular formula is C15H21N3O3. The Morgan fingerprint density at radius 1 is 1.52 bits per heavy atom. The minimum atomic E-state index is -0.808. The first-order chi connectivity index (χ1) is 10.0. The molecule has 114 valence electrons. The molecule has 1 aliphatic heterocycles. The molecule has 1 saturated heterocycles. The van der Waals surface area contributed by atoms with Gasteiger partial charge in [0.15, 0.2) is 0 Å². The normalized spacial score (nSPS) is 21.5. The van der Waals surface area contributed by atoms with Crippen molar-refractivity contribution in [1.82, 2.24) is 9.88 Å². The van der Waals surface area contributed by atoms with Gasteiger partial charge in [-0.1, -0.05) is 13.3 Å². The number of carbonyl (C=O) groups excluding carboxylic acids is 1. The Labute approximate surface area is 124 Å². The van der Waals surface area contributed by atoms with Crippen LogP contribution in [0.15, 0.2) is 18.3 Å². The number of nitrogens with two attached hydrogens (primary N) is 1. The van der Waals surface area contributed by atoms with Crippen LogP contribution >= 0.6 is 0 Å². The summed E-state index contributed by atoms with van der Waals surface area (Å²) in [5.74, 6) is -0.955. The number of hydrogen-bond donors (Lipinski definition) is 2. The summed E-state index contributed by atoms with van der Waals surface area (Å²) in [5, 5.41) is 9.48. The van der Waals surface area contributed by atoms with E-state index >= 15 is 0 Å². The predicted molar refractivity (Wildman–Crippen MR) is 77.6 cm³/mol. The van der Waals surface area contributed by atoms with Gasteiger partial charge in [0.1, 0.15) is 0 Å². The van der Waals surface area contributed by atoms with E-state index in [9.17, 15) is 14.7 Å². The van der Waals surface area contributed by atoms with Crippen molar-refractivity contribution >= 4 is 11.9 Å². The lowest BCUT2D eigenvalue weighted by molar-refractivity contribution is -0.148. The Kier molecular flexibility index (Phi) is 4.57. The number of aliphatic carboxylic acids is 1. The van der Waals surface area contributed by atoms with Crippen LogP contribution < -0.4 is 5.73 Å². The second-order valence-corrected chi connectivity index (χ2v) is 5.55. The van der Waals surface area contributed by atoms with Gasteiger partial charge in [-0.25, -0.2) is 0 Å². The highest BCUT2D eigenvalue weighted by atomic mass is 16.4. The third-order valence-corrected chi connectivity index (χ3v) is 4.10. The van der Waals surface area contributed by atoms with Crippen LogP contribution in [0.4, 0.5) is 0 Å². The van der Waals surface area contributed by atoms with Gasteiger partial charge in [-0.3, -0.25) is 14.6 Å². The smallest absolute Gasteiger partial charge is 0.311 e. The van der Waals surface area contributed by atoms with Gasteiger partial charge in [-0.15, -0.1) is 0 Å². The average molecular weight is 291 g/mol. The van der Waals surface area contributed by atoms with E-state index in [4.69, 9.17) is 5.73 Å². The fourth-order valence-corrected chi connectivity index (χ4v) is 2.92. The fraction of sp³-hybridized carbons (Fsp3) is 0.533. The number of nitrogens with zero attached hydrogens (tertiary/aromatic N) is 2. The number of rotatable bonds is 5. The van der Waals surface area contributed by atoms with E-state index in [1.54, 1.807) is 23.2 Å². The molecule has 0 saturated carbocycles. The third-order valence-electron chi connectivity index (χ3n) is 4.10. The van der Waals surface area contributed by atoms with Crippen LogP contribution in [0.2, 0.25) is 0 Å². The van der Waals surface area contributed by atoms with Gasteiger partial charge in [0.2, 0.25) is 0 Å². The quantitative estimate of drug-likeness (QED) is 0.851. The number of carbonyl (C=O) groups is 2. The molecule has 0 aromatic carbocycles. The first-order valence-corrected chi connectivity index (χ1v) is 7.20. The van der Waals surface area contributed by atoms with Crippen molar-refractivity contribution in [3.05, 3.63) is 29.6 Å². The number of amides is 1. The molecule has 6 nitrogen and oxygen atoms in total. The van der Waals surface area contributed by atoms with Crippen LogP contribution in [-0.4, -0.2) is 40.0 Å². The van der Waals surface area contributed by atoms with Gasteiger partial charge < -0.3 is 15.7 Å². The van der Waals surface area contributed by atoms with E-state index in [0.29, 0.717) is 30.6 Å². The highest BCUT2D eigenvalue weighted by Gasteiger charge is 2.45. The van der Waals surface area contributed by atoms with Crippen molar-refractivity contribution < 1.29 is 14.7 Å². The lowest BCUT2D eigenvalue weighted by Gasteiger charge is -2.24. The standard InChI is InChI=1S/C15H21N3O3/c1-2-4-15(14(20)21)5-7-18(10-15)13(19)11-3-6-17-12(8-11)9-16/h3,6,8H,2,4-5,7,9-10,16H2,1H3,(H,20,21). The summed E-state index contributed by atoms with van der Waals surface area (Å²) >= 11 is 0. The summed E-state index contributed by atoms with van der Waals surface area (Å²) in [6.07, 6.45) is 3.45. The Balaban J connectivity index is 2.16. The van der Waals surface area contributed by atoms with E-state index < -0.39 is 11.4 Å². The van der Waals surface area contributed by atoms with Crippen LogP contribution in [-0.2, 0) is 11.3 Å². The van der Waals surface area contributed by atoms with Crippen LogP contribution in [0.5, 0.6) is 0 Å². The number of aromatic nitrogens is 1. The number of carboxylic acid groups (broad SMARTS) is 1. The average Bonchev–Trinajstić information content (AvgIpc) is 2.92. The molecule has 2 heterocycles. The molecule has 1 amide bonds. The minimum absolute atomic E-state index is 0.147. The molecular weight excluding hydrogens is 270 g/mol. The van der Waals surface area contributed by atoms with Gasteiger partial charge in [0.25, 0.3) is 5.91 Å². The molecule has 0 bridgehead atoms. The Bertz CT molecular complexity index is 547. The van der Waals surface area contributed by atoms with Gasteiger partial charge in [0, 0.05) is 31.4 Å². The molecule has 1 atom stereocenters. The zero-order valence-corrected chi connectivity index (χ0v) is 12.2. The lowest BCUT2D eigenvalue weighted by Crippen LogP contribution is -2.37. The van der Waals surface area contributed by atoms with E-state index in [0.717, 1.165) is 6.42 Å². The zero-order chi connectivity index (χ0) is 15.5. The predicted octanol–water partition coefficient (Wildman–Crippen LogP) is 1.26. The molecule has 1 aromatic rings. The second kappa shape index (κ2) is 6.22. The zero-order valence-electron chi connectivity index (χ0n) is 12.2. The largest absolute Gasteiger partial charge is 0.481 e. The third kappa shape index (κ3) is 3.05. The van der Waals surface area contributed by atoms with Crippen LogP contribution in [0.1, 0.15) is 42.2 Å². The van der Waals surface area contributed by atoms with Crippen LogP contribution in [0, 0.1) is 5.41 Å². The maximum atomic E-state index is 12.5. The first-order valence-electron chi connectivity index (χ1n) is 7.20. The Hall–Kier alpha value is -1.95. The molecule has 0 aliphatic carbocycles. The summed E-state index contributed by atoms with van der Waals surface area (Å²) in [6.45, 7) is 2.99. The van der Waals surface area contributed by atoms with Crippen molar-refractivity contribution in [3.8, 4) is 0 Å². The van der Waals surface area contributed by atoms with Gasteiger partial charge >= 0.3 is 5.97 Å². The fourth-order valence-electron chi connectivity index (χ4n) is 2.92. The number of likely N-dealkylation sites (tertiary alicyclic amines) is 1. The maximum absolute atomic E-state index is 12.5. The summed E-state index contributed by atoms with van der Waals surface area (Å²) in [6, 6.07) is 3.31. The summed E-state index contributed by atoms with van der Waals surface area (Å²) < 4.78 is 0. The molecule has 2 rings (SSSR count).